The first-order valence-corrected chi connectivity index (χ1v) is 7.41. The number of anilines is 2. The molecule has 0 aliphatic rings. The van der Waals surface area contributed by atoms with Gasteiger partial charge in [-0.25, -0.2) is 15.8 Å². The zero-order valence-electron chi connectivity index (χ0n) is 12.1. The Hall–Kier alpha value is -1.85. The molecule has 1 aromatic carbocycles. The van der Waals surface area contributed by atoms with Crippen molar-refractivity contribution in [2.24, 2.45) is 5.84 Å². The first-order valence-electron chi connectivity index (χ1n) is 7.03. The Morgan fingerprint density at radius 1 is 1.10 bits per heavy atom. The minimum absolute atomic E-state index is 0.681. The molecule has 21 heavy (non-hydrogen) atoms. The van der Waals surface area contributed by atoms with Gasteiger partial charge in [-0.15, -0.1) is 0 Å². The number of halogens is 1. The monoisotopic (exact) mass is 305 g/mol. The summed E-state index contributed by atoms with van der Waals surface area (Å²) in [4.78, 5) is 8.46. The van der Waals surface area contributed by atoms with E-state index in [1.165, 1.54) is 11.9 Å². The van der Waals surface area contributed by atoms with Crippen LogP contribution in [0.15, 0.2) is 30.6 Å². The third kappa shape index (κ3) is 4.31. The van der Waals surface area contributed by atoms with Crippen LogP contribution in [0, 0.1) is 0 Å². The molecule has 0 aliphatic carbocycles. The largest absolute Gasteiger partial charge is 0.369 e. The van der Waals surface area contributed by atoms with Crippen molar-refractivity contribution in [1.29, 1.82) is 0 Å². The number of nitrogen functional groups attached to an aromatic ring is 1. The highest BCUT2D eigenvalue weighted by atomic mass is 35.5. The van der Waals surface area contributed by atoms with E-state index in [1.807, 2.05) is 24.3 Å². The second kappa shape index (κ2) is 7.81. The van der Waals surface area contributed by atoms with Gasteiger partial charge in [0, 0.05) is 17.1 Å². The molecular formula is C15H20ClN5. The number of aromatic nitrogens is 2. The fourth-order valence-corrected chi connectivity index (χ4v) is 2.28. The maximum absolute atomic E-state index is 5.88. The minimum Gasteiger partial charge on any atom is -0.369 e. The Kier molecular flexibility index (Phi) is 5.78. The Morgan fingerprint density at radius 2 is 1.81 bits per heavy atom. The fourth-order valence-electron chi connectivity index (χ4n) is 2.15. The summed E-state index contributed by atoms with van der Waals surface area (Å²) in [7, 11) is 0. The highest BCUT2D eigenvalue weighted by molar-refractivity contribution is 6.30. The van der Waals surface area contributed by atoms with Gasteiger partial charge in [0.1, 0.15) is 18.0 Å². The summed E-state index contributed by atoms with van der Waals surface area (Å²) in [5.41, 5.74) is 4.89. The summed E-state index contributed by atoms with van der Waals surface area (Å²) >= 11 is 5.88. The highest BCUT2D eigenvalue weighted by Crippen LogP contribution is 2.20. The van der Waals surface area contributed by atoms with Crippen LogP contribution in [0.4, 0.5) is 11.6 Å². The molecule has 2 aromatic rings. The molecule has 0 bridgehead atoms. The van der Waals surface area contributed by atoms with Crippen LogP contribution < -0.4 is 16.6 Å². The predicted molar refractivity (Wildman–Crippen MR) is 87.5 cm³/mol. The number of nitrogens with two attached hydrogens (primary N) is 1. The molecule has 1 heterocycles. The molecule has 6 heteroatoms. The number of hydrogen-bond donors (Lipinski definition) is 3. The van der Waals surface area contributed by atoms with Crippen LogP contribution in [-0.2, 0) is 12.8 Å². The number of nitrogens with one attached hydrogen (secondary N) is 2. The summed E-state index contributed by atoms with van der Waals surface area (Å²) in [6.45, 7) is 2.91. The van der Waals surface area contributed by atoms with Crippen LogP contribution in [0.25, 0.3) is 0 Å². The third-order valence-corrected chi connectivity index (χ3v) is 3.45. The highest BCUT2D eigenvalue weighted by Gasteiger charge is 2.09. The summed E-state index contributed by atoms with van der Waals surface area (Å²) in [6.07, 6.45) is 4.30. The second-order valence-electron chi connectivity index (χ2n) is 4.75. The van der Waals surface area contributed by atoms with Crippen molar-refractivity contribution < 1.29 is 0 Å². The lowest BCUT2D eigenvalue weighted by Crippen LogP contribution is -2.15. The second-order valence-corrected chi connectivity index (χ2v) is 5.18. The van der Waals surface area contributed by atoms with E-state index in [0.717, 1.165) is 42.2 Å². The molecule has 112 valence electrons. The van der Waals surface area contributed by atoms with E-state index in [1.54, 1.807) is 0 Å². The van der Waals surface area contributed by atoms with Crippen molar-refractivity contribution in [1.82, 2.24) is 9.97 Å². The lowest BCUT2D eigenvalue weighted by Gasteiger charge is -2.13. The third-order valence-electron chi connectivity index (χ3n) is 3.20. The number of rotatable bonds is 7. The van der Waals surface area contributed by atoms with Gasteiger partial charge in [0.05, 0.1) is 0 Å². The molecule has 0 unspecified atom stereocenters. The molecule has 5 nitrogen and oxygen atoms in total. The zero-order chi connectivity index (χ0) is 15.1. The zero-order valence-corrected chi connectivity index (χ0v) is 12.8. The van der Waals surface area contributed by atoms with Gasteiger partial charge in [-0.05, 0) is 30.5 Å². The molecule has 4 N–H and O–H groups in total. The van der Waals surface area contributed by atoms with Crippen LogP contribution in [0.5, 0.6) is 0 Å². The first kappa shape index (κ1) is 15.5. The average Bonchev–Trinajstić information content (AvgIpc) is 2.51. The van der Waals surface area contributed by atoms with Crippen LogP contribution in [0.1, 0.15) is 24.5 Å². The van der Waals surface area contributed by atoms with Crippen molar-refractivity contribution in [2.45, 2.75) is 26.2 Å². The molecule has 0 fully saturated rings. The van der Waals surface area contributed by atoms with E-state index in [0.29, 0.717) is 5.82 Å². The molecular weight excluding hydrogens is 286 g/mol. The lowest BCUT2D eigenvalue weighted by molar-refractivity contribution is 0.893. The van der Waals surface area contributed by atoms with Gasteiger partial charge in [-0.2, -0.15) is 0 Å². The molecule has 0 aliphatic heterocycles. The normalized spacial score (nSPS) is 10.4. The van der Waals surface area contributed by atoms with Gasteiger partial charge in [0.2, 0.25) is 0 Å². The number of nitrogens with zero attached hydrogens (tertiary/aromatic N) is 2. The molecule has 1 aromatic heterocycles. The summed E-state index contributed by atoms with van der Waals surface area (Å²) in [5.74, 6) is 7.03. The molecule has 0 radical (unpaired) electrons. The maximum Gasteiger partial charge on any atom is 0.148 e. The van der Waals surface area contributed by atoms with E-state index in [4.69, 9.17) is 17.4 Å². The van der Waals surface area contributed by atoms with Crippen molar-refractivity contribution in [3.8, 4) is 0 Å². The Labute approximate surface area is 129 Å². The van der Waals surface area contributed by atoms with E-state index in [-0.39, 0.29) is 0 Å². The van der Waals surface area contributed by atoms with Crippen molar-refractivity contribution in [2.75, 3.05) is 17.3 Å². The van der Waals surface area contributed by atoms with Gasteiger partial charge < -0.3 is 10.7 Å². The predicted octanol–water partition coefficient (Wildman–Crippen LogP) is 3.02. The number of benzene rings is 1. The standard InChI is InChI=1S/C15H20ClN5/c1-2-3-13-14(19-10-20-15(13)21-17)18-9-8-11-4-6-12(16)7-5-11/h4-7,10H,2-3,8-9,17H2,1H3,(H2,18,19,20,21). The van der Waals surface area contributed by atoms with E-state index >= 15 is 0 Å². The maximum atomic E-state index is 5.88. The van der Waals surface area contributed by atoms with Crippen LogP contribution in [0.2, 0.25) is 5.02 Å². The molecule has 0 saturated heterocycles. The van der Waals surface area contributed by atoms with Crippen LogP contribution in [0.3, 0.4) is 0 Å². The summed E-state index contributed by atoms with van der Waals surface area (Å²) < 4.78 is 0. The van der Waals surface area contributed by atoms with Gasteiger partial charge in [-0.3, -0.25) is 0 Å². The van der Waals surface area contributed by atoms with Crippen LogP contribution >= 0.6 is 11.6 Å². The Bertz CT molecular complexity index is 571. The lowest BCUT2D eigenvalue weighted by atomic mass is 10.1. The average molecular weight is 306 g/mol. The van der Waals surface area contributed by atoms with Crippen molar-refractivity contribution in [3.05, 3.63) is 46.7 Å². The quantitative estimate of drug-likeness (QED) is 0.541. The molecule has 2 rings (SSSR count). The van der Waals surface area contributed by atoms with Crippen molar-refractivity contribution in [3.63, 3.8) is 0 Å². The SMILES string of the molecule is CCCc1c(NN)ncnc1NCCc1ccc(Cl)cc1. The Morgan fingerprint density at radius 3 is 2.48 bits per heavy atom. The minimum atomic E-state index is 0.681. The smallest absolute Gasteiger partial charge is 0.148 e. The molecule has 0 amide bonds. The molecule has 0 atom stereocenters. The van der Waals surface area contributed by atoms with Gasteiger partial charge in [0.25, 0.3) is 0 Å². The van der Waals surface area contributed by atoms with E-state index < -0.39 is 0 Å². The first-order chi connectivity index (χ1) is 10.2. The Balaban J connectivity index is 2.00. The van der Waals surface area contributed by atoms with Gasteiger partial charge >= 0.3 is 0 Å². The number of hydrazine groups is 1. The summed E-state index contributed by atoms with van der Waals surface area (Å²) in [6, 6.07) is 7.87. The van der Waals surface area contributed by atoms with E-state index in [2.05, 4.69) is 27.6 Å². The fraction of sp³-hybridized carbons (Fsp3) is 0.333. The van der Waals surface area contributed by atoms with E-state index in [9.17, 15) is 0 Å². The number of hydrogen-bond acceptors (Lipinski definition) is 5. The van der Waals surface area contributed by atoms with Gasteiger partial charge in [0.15, 0.2) is 0 Å². The topological polar surface area (TPSA) is 75.9 Å². The van der Waals surface area contributed by atoms with Crippen molar-refractivity contribution >= 4 is 23.2 Å². The molecule has 0 saturated carbocycles. The van der Waals surface area contributed by atoms with Crippen LogP contribution in [-0.4, -0.2) is 16.5 Å². The van der Waals surface area contributed by atoms with Gasteiger partial charge in [-0.1, -0.05) is 37.1 Å². The molecule has 0 spiro atoms. The summed E-state index contributed by atoms with van der Waals surface area (Å²) in [5, 5.41) is 4.11.